The lowest BCUT2D eigenvalue weighted by Gasteiger charge is -2.14. The number of rotatable bonds is 14. The summed E-state index contributed by atoms with van der Waals surface area (Å²) >= 11 is 0. The van der Waals surface area contributed by atoms with Gasteiger partial charge in [-0.05, 0) is 32.7 Å². The fourth-order valence-electron chi connectivity index (χ4n) is 2.39. The topological polar surface area (TPSA) is 49.3 Å². The van der Waals surface area contributed by atoms with E-state index in [1.165, 1.54) is 44.9 Å². The lowest BCUT2D eigenvalue weighted by molar-refractivity contribution is -0.141. The second kappa shape index (κ2) is 13.4. The van der Waals surface area contributed by atoms with Crippen molar-refractivity contribution in [2.24, 2.45) is 5.92 Å². The van der Waals surface area contributed by atoms with E-state index >= 15 is 0 Å². The monoisotopic (exact) mass is 285 g/mol. The molecule has 2 unspecified atom stereocenters. The van der Waals surface area contributed by atoms with Gasteiger partial charge in [-0.2, -0.15) is 0 Å². The molecule has 0 aromatic rings. The number of hydrogen-bond acceptors (Lipinski definition) is 2. The van der Waals surface area contributed by atoms with E-state index in [2.05, 4.69) is 19.2 Å². The lowest BCUT2D eigenvalue weighted by atomic mass is 10.0. The van der Waals surface area contributed by atoms with Crippen molar-refractivity contribution >= 4 is 5.97 Å². The van der Waals surface area contributed by atoms with Gasteiger partial charge in [0.25, 0.3) is 0 Å². The minimum absolute atomic E-state index is 0.203. The summed E-state index contributed by atoms with van der Waals surface area (Å²) in [5.41, 5.74) is 0. The van der Waals surface area contributed by atoms with Crippen LogP contribution < -0.4 is 5.32 Å². The number of hydrogen-bond donors (Lipinski definition) is 2. The minimum atomic E-state index is -0.673. The van der Waals surface area contributed by atoms with Crippen LogP contribution in [0.4, 0.5) is 0 Å². The highest BCUT2D eigenvalue weighted by Crippen LogP contribution is 2.10. The highest BCUT2D eigenvalue weighted by atomic mass is 16.4. The van der Waals surface area contributed by atoms with Crippen LogP contribution in [0.1, 0.15) is 85.0 Å². The van der Waals surface area contributed by atoms with E-state index in [-0.39, 0.29) is 5.92 Å². The first kappa shape index (κ1) is 19.4. The molecular formula is C17H35NO2. The molecule has 0 aliphatic carbocycles. The first-order valence-corrected chi connectivity index (χ1v) is 8.54. The van der Waals surface area contributed by atoms with Crippen LogP contribution >= 0.6 is 0 Å². The largest absolute Gasteiger partial charge is 0.481 e. The summed E-state index contributed by atoms with van der Waals surface area (Å²) in [5, 5.41) is 12.3. The van der Waals surface area contributed by atoms with Crippen molar-refractivity contribution < 1.29 is 9.90 Å². The van der Waals surface area contributed by atoms with Crippen molar-refractivity contribution in [2.45, 2.75) is 91.0 Å². The van der Waals surface area contributed by atoms with Gasteiger partial charge in [-0.1, -0.05) is 58.8 Å². The van der Waals surface area contributed by atoms with Gasteiger partial charge in [0.05, 0.1) is 5.92 Å². The molecular weight excluding hydrogens is 250 g/mol. The standard InChI is InChI=1S/C17H35NO2/c1-4-5-6-7-8-9-10-14-18-16(3)13-11-12-15(2)17(19)20/h15-16,18H,4-14H2,1-3H3,(H,19,20). The second-order valence-electron chi connectivity index (χ2n) is 6.15. The fraction of sp³-hybridized carbons (Fsp3) is 0.941. The molecule has 0 amide bonds. The molecule has 0 saturated carbocycles. The van der Waals surface area contributed by atoms with Crippen molar-refractivity contribution in [2.75, 3.05) is 6.54 Å². The van der Waals surface area contributed by atoms with Gasteiger partial charge in [0.2, 0.25) is 0 Å². The molecule has 0 aromatic carbocycles. The van der Waals surface area contributed by atoms with Crippen LogP contribution in [0.2, 0.25) is 0 Å². The van der Waals surface area contributed by atoms with E-state index < -0.39 is 5.97 Å². The van der Waals surface area contributed by atoms with E-state index in [9.17, 15) is 4.79 Å². The molecule has 120 valence electrons. The lowest BCUT2D eigenvalue weighted by Crippen LogP contribution is -2.27. The molecule has 0 spiro atoms. The normalized spacial score (nSPS) is 14.2. The molecule has 0 heterocycles. The molecule has 3 heteroatoms. The van der Waals surface area contributed by atoms with Gasteiger partial charge in [0.1, 0.15) is 0 Å². The van der Waals surface area contributed by atoms with Crippen LogP contribution in [-0.4, -0.2) is 23.7 Å². The fourth-order valence-corrected chi connectivity index (χ4v) is 2.39. The number of unbranched alkanes of at least 4 members (excludes halogenated alkanes) is 6. The molecule has 0 aliphatic rings. The molecule has 0 radical (unpaired) electrons. The molecule has 0 aromatic heterocycles. The van der Waals surface area contributed by atoms with E-state index in [4.69, 9.17) is 5.11 Å². The van der Waals surface area contributed by atoms with Crippen LogP contribution in [-0.2, 0) is 4.79 Å². The summed E-state index contributed by atoms with van der Waals surface area (Å²) in [6, 6.07) is 0.510. The Balaban J connectivity index is 3.28. The van der Waals surface area contributed by atoms with Gasteiger partial charge in [0, 0.05) is 6.04 Å². The Bertz CT molecular complexity index is 231. The maximum Gasteiger partial charge on any atom is 0.306 e. The van der Waals surface area contributed by atoms with Crippen LogP contribution in [0.5, 0.6) is 0 Å². The van der Waals surface area contributed by atoms with Gasteiger partial charge in [-0.15, -0.1) is 0 Å². The zero-order valence-corrected chi connectivity index (χ0v) is 13.8. The van der Waals surface area contributed by atoms with Crippen molar-refractivity contribution in [1.29, 1.82) is 0 Å². The van der Waals surface area contributed by atoms with Crippen LogP contribution in [0, 0.1) is 5.92 Å². The SMILES string of the molecule is CCCCCCCCCNC(C)CCCC(C)C(=O)O. The Labute approximate surface area is 125 Å². The quantitative estimate of drug-likeness (QED) is 0.458. The Morgan fingerprint density at radius 2 is 1.55 bits per heavy atom. The minimum Gasteiger partial charge on any atom is -0.481 e. The maximum atomic E-state index is 10.7. The molecule has 0 saturated heterocycles. The highest BCUT2D eigenvalue weighted by molar-refractivity contribution is 5.69. The van der Waals surface area contributed by atoms with E-state index in [1.54, 1.807) is 6.92 Å². The third kappa shape index (κ3) is 12.5. The highest BCUT2D eigenvalue weighted by Gasteiger charge is 2.10. The Kier molecular flexibility index (Phi) is 13.0. The van der Waals surface area contributed by atoms with E-state index in [0.717, 1.165) is 25.8 Å². The van der Waals surface area contributed by atoms with Crippen LogP contribution in [0.15, 0.2) is 0 Å². The van der Waals surface area contributed by atoms with E-state index in [0.29, 0.717) is 6.04 Å². The van der Waals surface area contributed by atoms with Crippen molar-refractivity contribution in [3.63, 3.8) is 0 Å². The van der Waals surface area contributed by atoms with Crippen molar-refractivity contribution in [3.8, 4) is 0 Å². The molecule has 2 N–H and O–H groups in total. The molecule has 2 atom stereocenters. The summed E-state index contributed by atoms with van der Waals surface area (Å²) in [6.07, 6.45) is 12.3. The smallest absolute Gasteiger partial charge is 0.306 e. The zero-order valence-electron chi connectivity index (χ0n) is 13.8. The van der Waals surface area contributed by atoms with Gasteiger partial charge in [0.15, 0.2) is 0 Å². The number of carbonyl (C=O) groups is 1. The number of carboxylic acid groups (broad SMARTS) is 1. The number of aliphatic carboxylic acids is 1. The second-order valence-corrected chi connectivity index (χ2v) is 6.15. The summed E-state index contributed by atoms with van der Waals surface area (Å²) in [4.78, 5) is 10.7. The molecule has 0 rings (SSSR count). The first-order chi connectivity index (χ1) is 9.57. The Morgan fingerprint density at radius 3 is 2.15 bits per heavy atom. The first-order valence-electron chi connectivity index (χ1n) is 8.54. The molecule has 0 aliphatic heterocycles. The summed E-state index contributed by atoms with van der Waals surface area (Å²) in [6.45, 7) is 7.34. The third-order valence-corrected chi connectivity index (χ3v) is 3.97. The Hall–Kier alpha value is -0.570. The predicted molar refractivity (Wildman–Crippen MR) is 86.1 cm³/mol. The maximum absolute atomic E-state index is 10.7. The van der Waals surface area contributed by atoms with Gasteiger partial charge in [-0.25, -0.2) is 0 Å². The Morgan fingerprint density at radius 1 is 0.950 bits per heavy atom. The average molecular weight is 285 g/mol. The molecule has 3 nitrogen and oxygen atoms in total. The molecule has 0 bridgehead atoms. The predicted octanol–water partition coefficient (Wildman–Crippen LogP) is 4.61. The summed E-state index contributed by atoms with van der Waals surface area (Å²) in [7, 11) is 0. The van der Waals surface area contributed by atoms with Gasteiger partial charge < -0.3 is 10.4 Å². The van der Waals surface area contributed by atoms with Gasteiger partial charge in [-0.3, -0.25) is 4.79 Å². The van der Waals surface area contributed by atoms with Crippen molar-refractivity contribution in [3.05, 3.63) is 0 Å². The van der Waals surface area contributed by atoms with Crippen LogP contribution in [0.3, 0.4) is 0 Å². The molecule has 20 heavy (non-hydrogen) atoms. The van der Waals surface area contributed by atoms with Gasteiger partial charge >= 0.3 is 5.97 Å². The number of carboxylic acids is 1. The summed E-state index contributed by atoms with van der Waals surface area (Å²) < 4.78 is 0. The van der Waals surface area contributed by atoms with Crippen LogP contribution in [0.25, 0.3) is 0 Å². The molecule has 0 fully saturated rings. The van der Waals surface area contributed by atoms with Crippen molar-refractivity contribution in [1.82, 2.24) is 5.32 Å². The zero-order chi connectivity index (χ0) is 15.2. The average Bonchev–Trinajstić information content (AvgIpc) is 2.41. The number of nitrogens with one attached hydrogen (secondary N) is 1. The van der Waals surface area contributed by atoms with E-state index in [1.807, 2.05) is 0 Å². The summed E-state index contributed by atoms with van der Waals surface area (Å²) in [5.74, 6) is -0.876. The third-order valence-electron chi connectivity index (χ3n) is 3.97.